The molecule has 0 aliphatic heterocycles. The lowest BCUT2D eigenvalue weighted by Gasteiger charge is -2.20. The third-order valence-electron chi connectivity index (χ3n) is 4.70. The maximum absolute atomic E-state index is 5.35. The number of nitrogens with zero attached hydrogens (tertiary/aromatic N) is 2. The smallest absolute Gasteiger partial charge is 0.227 e. The molecule has 0 saturated carbocycles. The Labute approximate surface area is 158 Å². The van der Waals surface area contributed by atoms with Crippen LogP contribution in [0.5, 0.6) is 17.2 Å². The maximum atomic E-state index is 5.35. The zero-order valence-corrected chi connectivity index (χ0v) is 15.6. The Balaban J connectivity index is 1.69. The number of ether oxygens (including phenoxy) is 3. The molecule has 1 aromatic heterocycles. The van der Waals surface area contributed by atoms with E-state index >= 15 is 0 Å². The molecular formula is C21H21N3O3. The molecule has 1 aliphatic rings. The van der Waals surface area contributed by atoms with Crippen LogP contribution in [-0.4, -0.2) is 31.3 Å². The number of anilines is 2. The van der Waals surface area contributed by atoms with Gasteiger partial charge in [0.25, 0.3) is 0 Å². The summed E-state index contributed by atoms with van der Waals surface area (Å²) in [5.41, 5.74) is 5.30. The Morgan fingerprint density at radius 1 is 0.815 bits per heavy atom. The summed E-state index contributed by atoms with van der Waals surface area (Å²) in [4.78, 5) is 9.25. The fourth-order valence-electron chi connectivity index (χ4n) is 3.30. The lowest BCUT2D eigenvalue weighted by Crippen LogP contribution is -2.09. The average molecular weight is 363 g/mol. The third-order valence-corrected chi connectivity index (χ3v) is 4.70. The van der Waals surface area contributed by atoms with Crippen LogP contribution < -0.4 is 19.5 Å². The van der Waals surface area contributed by atoms with Gasteiger partial charge in [-0.2, -0.15) is 0 Å². The molecule has 0 amide bonds. The van der Waals surface area contributed by atoms with Crippen molar-refractivity contribution in [3.05, 3.63) is 53.7 Å². The maximum Gasteiger partial charge on any atom is 0.227 e. The Morgan fingerprint density at radius 2 is 1.52 bits per heavy atom. The number of hydrogen-bond acceptors (Lipinski definition) is 6. The molecule has 0 bridgehead atoms. The molecule has 2 aromatic carbocycles. The second kappa shape index (κ2) is 7.15. The molecule has 1 N–H and O–H groups in total. The van der Waals surface area contributed by atoms with E-state index in [0.717, 1.165) is 41.1 Å². The van der Waals surface area contributed by atoms with E-state index in [1.54, 1.807) is 21.3 Å². The predicted octanol–water partition coefficient (Wildman–Crippen LogP) is 4.01. The van der Waals surface area contributed by atoms with Crippen molar-refractivity contribution in [1.29, 1.82) is 0 Å². The van der Waals surface area contributed by atoms with Gasteiger partial charge in [-0.15, -0.1) is 0 Å². The van der Waals surface area contributed by atoms with Crippen LogP contribution in [0.15, 0.2) is 42.6 Å². The minimum absolute atomic E-state index is 0.535. The summed E-state index contributed by atoms with van der Waals surface area (Å²) in [6.45, 7) is 0. The molecule has 1 heterocycles. The van der Waals surface area contributed by atoms with Crippen molar-refractivity contribution in [2.75, 3.05) is 26.6 Å². The van der Waals surface area contributed by atoms with E-state index in [1.807, 2.05) is 30.5 Å². The lowest BCUT2D eigenvalue weighted by molar-refractivity contribution is 0.395. The number of fused-ring (bicyclic) bond motifs is 3. The topological polar surface area (TPSA) is 65.5 Å². The Bertz CT molecular complexity index is 966. The van der Waals surface area contributed by atoms with Gasteiger partial charge in [0.05, 0.1) is 27.0 Å². The van der Waals surface area contributed by atoms with Crippen LogP contribution in [0.4, 0.5) is 11.6 Å². The first kappa shape index (κ1) is 17.1. The molecule has 0 atom stereocenters. The van der Waals surface area contributed by atoms with E-state index in [2.05, 4.69) is 22.4 Å². The third kappa shape index (κ3) is 3.38. The standard InChI is InChI=1S/C21H21N3O3/c1-25-16-6-7-19-13(8-16)4-5-14-12-22-21(24-20(14)19)23-15-9-17(26-2)11-18(10-15)27-3/h6-12H,4-5H2,1-3H3,(H,22,23,24). The highest BCUT2D eigenvalue weighted by molar-refractivity contribution is 5.72. The quantitative estimate of drug-likeness (QED) is 0.739. The number of aromatic nitrogens is 2. The van der Waals surface area contributed by atoms with E-state index in [0.29, 0.717) is 17.4 Å². The Hall–Kier alpha value is -3.28. The monoisotopic (exact) mass is 363 g/mol. The summed E-state index contributed by atoms with van der Waals surface area (Å²) >= 11 is 0. The summed E-state index contributed by atoms with van der Waals surface area (Å²) < 4.78 is 16.0. The van der Waals surface area contributed by atoms with Crippen LogP contribution >= 0.6 is 0 Å². The van der Waals surface area contributed by atoms with E-state index in [9.17, 15) is 0 Å². The van der Waals surface area contributed by atoms with Gasteiger partial charge in [0.15, 0.2) is 0 Å². The molecule has 4 rings (SSSR count). The molecule has 0 unspecified atom stereocenters. The molecular weight excluding hydrogens is 342 g/mol. The van der Waals surface area contributed by atoms with Crippen LogP contribution in [0.25, 0.3) is 11.3 Å². The number of hydrogen-bond donors (Lipinski definition) is 1. The minimum atomic E-state index is 0.535. The van der Waals surface area contributed by atoms with E-state index in [1.165, 1.54) is 5.56 Å². The highest BCUT2D eigenvalue weighted by atomic mass is 16.5. The number of rotatable bonds is 5. The number of aryl methyl sites for hydroxylation is 2. The molecule has 6 nitrogen and oxygen atoms in total. The normalized spacial score (nSPS) is 12.0. The van der Waals surface area contributed by atoms with E-state index in [-0.39, 0.29) is 0 Å². The number of nitrogens with one attached hydrogen (secondary N) is 1. The van der Waals surface area contributed by atoms with E-state index < -0.39 is 0 Å². The van der Waals surface area contributed by atoms with Gasteiger partial charge in [0, 0.05) is 35.6 Å². The summed E-state index contributed by atoms with van der Waals surface area (Å²) in [5.74, 6) is 2.81. The van der Waals surface area contributed by atoms with Gasteiger partial charge in [-0.3, -0.25) is 0 Å². The van der Waals surface area contributed by atoms with Crippen LogP contribution in [0.2, 0.25) is 0 Å². The van der Waals surface area contributed by atoms with Gasteiger partial charge in [0.1, 0.15) is 17.2 Å². The van der Waals surface area contributed by atoms with Crippen molar-refractivity contribution < 1.29 is 14.2 Å². The van der Waals surface area contributed by atoms with Gasteiger partial charge in [-0.25, -0.2) is 9.97 Å². The van der Waals surface area contributed by atoms with Crippen molar-refractivity contribution in [3.63, 3.8) is 0 Å². The molecule has 0 spiro atoms. The van der Waals surface area contributed by atoms with Crippen LogP contribution in [0.1, 0.15) is 11.1 Å². The fourth-order valence-corrected chi connectivity index (χ4v) is 3.30. The summed E-state index contributed by atoms with van der Waals surface area (Å²) in [5, 5.41) is 3.25. The van der Waals surface area contributed by atoms with Crippen molar-refractivity contribution in [1.82, 2.24) is 9.97 Å². The first-order valence-corrected chi connectivity index (χ1v) is 8.73. The second-order valence-corrected chi connectivity index (χ2v) is 6.32. The van der Waals surface area contributed by atoms with Gasteiger partial charge >= 0.3 is 0 Å². The van der Waals surface area contributed by atoms with Crippen molar-refractivity contribution >= 4 is 11.6 Å². The highest BCUT2D eigenvalue weighted by Crippen LogP contribution is 2.35. The number of methoxy groups -OCH3 is 3. The molecule has 1 aliphatic carbocycles. The van der Waals surface area contributed by atoms with Crippen molar-refractivity contribution in [2.24, 2.45) is 0 Å². The zero-order chi connectivity index (χ0) is 18.8. The van der Waals surface area contributed by atoms with Gasteiger partial charge in [-0.05, 0) is 42.2 Å². The molecule has 0 radical (unpaired) electrons. The second-order valence-electron chi connectivity index (χ2n) is 6.32. The van der Waals surface area contributed by atoms with Crippen LogP contribution in [-0.2, 0) is 12.8 Å². The SMILES string of the molecule is COc1cc(Nc2ncc3c(n2)-c2ccc(OC)cc2CC3)cc(OC)c1. The molecule has 138 valence electrons. The largest absolute Gasteiger partial charge is 0.497 e. The molecule has 27 heavy (non-hydrogen) atoms. The minimum Gasteiger partial charge on any atom is -0.497 e. The molecule has 0 saturated heterocycles. The highest BCUT2D eigenvalue weighted by Gasteiger charge is 2.19. The first-order chi connectivity index (χ1) is 13.2. The zero-order valence-electron chi connectivity index (χ0n) is 15.6. The average Bonchev–Trinajstić information content (AvgIpc) is 2.72. The summed E-state index contributed by atoms with van der Waals surface area (Å²) in [6.07, 6.45) is 3.78. The summed E-state index contributed by atoms with van der Waals surface area (Å²) in [7, 11) is 4.93. The van der Waals surface area contributed by atoms with Crippen molar-refractivity contribution in [2.45, 2.75) is 12.8 Å². The molecule has 6 heteroatoms. The number of benzene rings is 2. The van der Waals surface area contributed by atoms with Crippen LogP contribution in [0.3, 0.4) is 0 Å². The Morgan fingerprint density at radius 3 is 2.22 bits per heavy atom. The van der Waals surface area contributed by atoms with Crippen molar-refractivity contribution in [3.8, 4) is 28.5 Å². The van der Waals surface area contributed by atoms with Gasteiger partial charge in [0.2, 0.25) is 5.95 Å². The first-order valence-electron chi connectivity index (χ1n) is 8.73. The Kier molecular flexibility index (Phi) is 4.54. The van der Waals surface area contributed by atoms with Gasteiger partial charge in [-0.1, -0.05) is 0 Å². The van der Waals surface area contributed by atoms with E-state index in [4.69, 9.17) is 19.2 Å². The van der Waals surface area contributed by atoms with Gasteiger partial charge < -0.3 is 19.5 Å². The lowest BCUT2D eigenvalue weighted by atomic mass is 9.90. The molecule has 0 fully saturated rings. The fraction of sp³-hybridized carbons (Fsp3) is 0.238. The molecule has 3 aromatic rings. The summed E-state index contributed by atoms with van der Waals surface area (Å²) in [6, 6.07) is 11.7. The predicted molar refractivity (Wildman–Crippen MR) is 104 cm³/mol. The van der Waals surface area contributed by atoms with Crippen LogP contribution in [0, 0.1) is 0 Å².